The first kappa shape index (κ1) is 19.0. The van der Waals surface area contributed by atoms with Crippen LogP contribution in [0.15, 0.2) is 57.6 Å². The van der Waals surface area contributed by atoms with Crippen molar-refractivity contribution in [3.05, 3.63) is 64.5 Å². The lowest BCUT2D eigenvalue weighted by molar-refractivity contribution is 0.252. The third-order valence-corrected chi connectivity index (χ3v) is 4.86. The highest BCUT2D eigenvalue weighted by Gasteiger charge is 2.08. The van der Waals surface area contributed by atoms with E-state index in [4.69, 9.17) is 9.15 Å². The molecular formula is C20H20BrN3O3. The van der Waals surface area contributed by atoms with Crippen molar-refractivity contribution in [2.24, 2.45) is 0 Å². The number of aryl methyl sites for hydroxylation is 1. The number of methoxy groups -OCH3 is 1. The SMILES string of the molecule is COc1ccc(-c2nc(CCNC(=O)Nc3ccc(Br)c(C)c3)co2)cc1. The molecule has 27 heavy (non-hydrogen) atoms. The maximum Gasteiger partial charge on any atom is 0.319 e. The Morgan fingerprint density at radius 2 is 2.00 bits per heavy atom. The first-order valence-electron chi connectivity index (χ1n) is 8.45. The minimum Gasteiger partial charge on any atom is -0.497 e. The summed E-state index contributed by atoms with van der Waals surface area (Å²) in [5.41, 5.74) is 3.46. The van der Waals surface area contributed by atoms with E-state index in [9.17, 15) is 4.79 Å². The van der Waals surface area contributed by atoms with Crippen molar-refractivity contribution in [2.75, 3.05) is 19.0 Å². The van der Waals surface area contributed by atoms with E-state index in [1.165, 1.54) is 0 Å². The maximum atomic E-state index is 12.0. The number of rotatable bonds is 6. The Balaban J connectivity index is 1.49. The highest BCUT2D eigenvalue weighted by Crippen LogP contribution is 2.22. The number of hydrogen-bond donors (Lipinski definition) is 2. The van der Waals surface area contributed by atoms with Gasteiger partial charge in [0.05, 0.1) is 12.8 Å². The molecule has 2 amide bonds. The molecule has 0 unspecified atom stereocenters. The van der Waals surface area contributed by atoms with Crippen LogP contribution in [0.4, 0.5) is 10.5 Å². The molecule has 0 spiro atoms. The molecule has 0 atom stereocenters. The number of carbonyl (C=O) groups excluding carboxylic acids is 1. The van der Waals surface area contributed by atoms with Gasteiger partial charge < -0.3 is 19.8 Å². The van der Waals surface area contributed by atoms with Gasteiger partial charge in [0.15, 0.2) is 0 Å². The Morgan fingerprint density at radius 3 is 2.70 bits per heavy atom. The summed E-state index contributed by atoms with van der Waals surface area (Å²) in [7, 11) is 1.62. The van der Waals surface area contributed by atoms with Crippen LogP contribution in [0.3, 0.4) is 0 Å². The van der Waals surface area contributed by atoms with E-state index in [0.717, 1.165) is 32.7 Å². The maximum absolute atomic E-state index is 12.0. The van der Waals surface area contributed by atoms with Gasteiger partial charge in [-0.3, -0.25) is 0 Å². The molecule has 0 aliphatic heterocycles. The van der Waals surface area contributed by atoms with Crippen LogP contribution < -0.4 is 15.4 Å². The van der Waals surface area contributed by atoms with Crippen molar-refractivity contribution in [3.63, 3.8) is 0 Å². The molecule has 1 heterocycles. The number of urea groups is 1. The van der Waals surface area contributed by atoms with Gasteiger partial charge in [-0.2, -0.15) is 0 Å². The number of ether oxygens (including phenoxy) is 1. The largest absolute Gasteiger partial charge is 0.497 e. The number of anilines is 1. The zero-order valence-corrected chi connectivity index (χ0v) is 16.7. The lowest BCUT2D eigenvalue weighted by Gasteiger charge is -2.08. The highest BCUT2D eigenvalue weighted by molar-refractivity contribution is 9.10. The molecule has 6 nitrogen and oxygen atoms in total. The molecule has 0 fully saturated rings. The second kappa shape index (κ2) is 8.73. The summed E-state index contributed by atoms with van der Waals surface area (Å²) >= 11 is 3.44. The Kier molecular flexibility index (Phi) is 6.13. The lowest BCUT2D eigenvalue weighted by Crippen LogP contribution is -2.30. The van der Waals surface area contributed by atoms with Gasteiger partial charge in [-0.25, -0.2) is 9.78 Å². The van der Waals surface area contributed by atoms with Crippen molar-refractivity contribution in [3.8, 4) is 17.2 Å². The van der Waals surface area contributed by atoms with Gasteiger partial charge in [0, 0.05) is 28.7 Å². The van der Waals surface area contributed by atoms with Gasteiger partial charge in [-0.15, -0.1) is 0 Å². The zero-order chi connectivity index (χ0) is 19.2. The number of carbonyl (C=O) groups is 1. The van der Waals surface area contributed by atoms with E-state index in [0.29, 0.717) is 18.9 Å². The normalized spacial score (nSPS) is 10.5. The van der Waals surface area contributed by atoms with Crippen LogP contribution in [-0.4, -0.2) is 24.7 Å². The third-order valence-electron chi connectivity index (χ3n) is 3.97. The molecule has 2 aromatic carbocycles. The quantitative estimate of drug-likeness (QED) is 0.590. The predicted molar refractivity (Wildman–Crippen MR) is 108 cm³/mol. The molecule has 0 aliphatic carbocycles. The third kappa shape index (κ3) is 5.10. The minimum atomic E-state index is -0.254. The minimum absolute atomic E-state index is 0.254. The van der Waals surface area contributed by atoms with Crippen LogP contribution in [0.2, 0.25) is 0 Å². The topological polar surface area (TPSA) is 76.4 Å². The number of nitrogens with zero attached hydrogens (tertiary/aromatic N) is 1. The predicted octanol–water partition coefficient (Wildman–Crippen LogP) is 4.79. The second-order valence-corrected chi connectivity index (χ2v) is 6.82. The monoisotopic (exact) mass is 429 g/mol. The summed E-state index contributed by atoms with van der Waals surface area (Å²) in [6.45, 7) is 2.42. The number of halogens is 1. The Morgan fingerprint density at radius 1 is 1.22 bits per heavy atom. The van der Waals surface area contributed by atoms with Crippen LogP contribution in [0.5, 0.6) is 5.75 Å². The van der Waals surface area contributed by atoms with Gasteiger partial charge >= 0.3 is 6.03 Å². The molecule has 0 radical (unpaired) electrons. The average Bonchev–Trinajstić information content (AvgIpc) is 3.14. The smallest absolute Gasteiger partial charge is 0.319 e. The molecule has 7 heteroatoms. The van der Waals surface area contributed by atoms with E-state index in [-0.39, 0.29) is 6.03 Å². The van der Waals surface area contributed by atoms with Crippen LogP contribution in [0.25, 0.3) is 11.5 Å². The number of benzene rings is 2. The zero-order valence-electron chi connectivity index (χ0n) is 15.1. The number of amides is 2. The summed E-state index contributed by atoms with van der Waals surface area (Å²) in [6, 6.07) is 12.9. The van der Waals surface area contributed by atoms with E-state index in [1.54, 1.807) is 13.4 Å². The van der Waals surface area contributed by atoms with E-state index in [1.807, 2.05) is 49.4 Å². The summed E-state index contributed by atoms with van der Waals surface area (Å²) < 4.78 is 11.7. The molecule has 0 bridgehead atoms. The average molecular weight is 430 g/mol. The summed E-state index contributed by atoms with van der Waals surface area (Å²) in [5.74, 6) is 1.32. The van der Waals surface area contributed by atoms with Crippen molar-refractivity contribution >= 4 is 27.6 Å². The molecule has 3 aromatic rings. The second-order valence-electron chi connectivity index (χ2n) is 5.97. The summed E-state index contributed by atoms with van der Waals surface area (Å²) in [6.07, 6.45) is 2.18. The summed E-state index contributed by atoms with van der Waals surface area (Å²) in [5, 5.41) is 5.63. The fourth-order valence-electron chi connectivity index (χ4n) is 2.49. The van der Waals surface area contributed by atoms with Crippen molar-refractivity contribution < 1.29 is 13.9 Å². The Bertz CT molecular complexity index is 922. The van der Waals surface area contributed by atoms with Gasteiger partial charge in [-0.1, -0.05) is 15.9 Å². The van der Waals surface area contributed by atoms with E-state index < -0.39 is 0 Å². The molecule has 2 N–H and O–H groups in total. The van der Waals surface area contributed by atoms with Crippen LogP contribution in [0.1, 0.15) is 11.3 Å². The molecule has 140 valence electrons. The first-order valence-corrected chi connectivity index (χ1v) is 9.24. The van der Waals surface area contributed by atoms with Crippen LogP contribution in [-0.2, 0) is 6.42 Å². The molecule has 0 saturated carbocycles. The number of hydrogen-bond acceptors (Lipinski definition) is 4. The van der Waals surface area contributed by atoms with Gasteiger partial charge in [0.1, 0.15) is 12.0 Å². The fourth-order valence-corrected chi connectivity index (χ4v) is 2.74. The van der Waals surface area contributed by atoms with Crippen molar-refractivity contribution in [1.82, 2.24) is 10.3 Å². The molecule has 0 aliphatic rings. The van der Waals surface area contributed by atoms with Crippen molar-refractivity contribution in [1.29, 1.82) is 0 Å². The number of nitrogens with one attached hydrogen (secondary N) is 2. The Labute approximate surface area is 166 Å². The Hall–Kier alpha value is -2.80. The van der Waals surface area contributed by atoms with Crippen LogP contribution in [0, 0.1) is 6.92 Å². The van der Waals surface area contributed by atoms with Gasteiger partial charge in [-0.05, 0) is 55.0 Å². The van der Waals surface area contributed by atoms with E-state index >= 15 is 0 Å². The molecule has 0 saturated heterocycles. The standard InChI is InChI=1S/C20H20BrN3O3/c1-13-11-15(5-8-18(13)21)24-20(25)22-10-9-16-12-27-19(23-16)14-3-6-17(26-2)7-4-14/h3-8,11-12H,9-10H2,1-2H3,(H2,22,24,25). The lowest BCUT2D eigenvalue weighted by atomic mass is 10.2. The molecule has 3 rings (SSSR count). The van der Waals surface area contributed by atoms with Gasteiger partial charge in [0.2, 0.25) is 5.89 Å². The van der Waals surface area contributed by atoms with Gasteiger partial charge in [0.25, 0.3) is 0 Å². The fraction of sp³-hybridized carbons (Fsp3) is 0.200. The molecular weight excluding hydrogens is 410 g/mol. The van der Waals surface area contributed by atoms with Crippen molar-refractivity contribution in [2.45, 2.75) is 13.3 Å². The van der Waals surface area contributed by atoms with E-state index in [2.05, 4.69) is 31.5 Å². The summed E-state index contributed by atoms with van der Waals surface area (Å²) in [4.78, 5) is 16.5. The highest BCUT2D eigenvalue weighted by atomic mass is 79.9. The number of aromatic nitrogens is 1. The van der Waals surface area contributed by atoms with Crippen LogP contribution >= 0.6 is 15.9 Å². The number of oxazole rings is 1. The molecule has 1 aromatic heterocycles. The first-order chi connectivity index (χ1) is 13.0.